The molecule has 6 heteroatoms. The zero-order valence-electron chi connectivity index (χ0n) is 15.3. The summed E-state index contributed by atoms with van der Waals surface area (Å²) < 4.78 is 6.16. The van der Waals surface area contributed by atoms with Crippen LogP contribution in [0.3, 0.4) is 0 Å². The number of fused-ring (bicyclic) bond motifs is 1. The van der Waals surface area contributed by atoms with Crippen molar-refractivity contribution in [1.29, 1.82) is 0 Å². The fraction of sp³-hybridized carbons (Fsp3) is 0.667. The largest absolute Gasteiger partial charge is 0.417 e. The number of hydrogen-bond acceptors (Lipinski definition) is 4. The van der Waals surface area contributed by atoms with E-state index in [2.05, 4.69) is 43.8 Å². The number of aliphatic hydroxyl groups excluding tert-OH is 1. The van der Waals surface area contributed by atoms with Gasteiger partial charge >= 0.3 is 0 Å². The van der Waals surface area contributed by atoms with Crippen LogP contribution in [-0.4, -0.2) is 43.4 Å². The Hall–Kier alpha value is -0.753. The molecule has 2 atom stereocenters. The molecule has 0 saturated carbocycles. The highest BCUT2D eigenvalue weighted by molar-refractivity contribution is 6.74. The topological polar surface area (TPSA) is 54.7 Å². The van der Waals surface area contributed by atoms with E-state index in [0.29, 0.717) is 24.6 Å². The van der Waals surface area contributed by atoms with Crippen LogP contribution >= 0.6 is 11.6 Å². The molecule has 0 bridgehead atoms. The number of aliphatic hydroxyl groups is 1. The Morgan fingerprint density at radius 3 is 2.75 bits per heavy atom. The SMILES string of the molecule is CC(C)(C)[Si](C)(C)OCCCC(O)C1Cc2nc(Cl)ccc2C=N1. The number of halogens is 1. The maximum absolute atomic E-state index is 10.4. The minimum Gasteiger partial charge on any atom is -0.417 e. The van der Waals surface area contributed by atoms with Gasteiger partial charge in [-0.25, -0.2) is 4.98 Å². The number of nitrogens with zero attached hydrogens (tertiary/aromatic N) is 2. The first-order chi connectivity index (χ1) is 11.1. The second-order valence-corrected chi connectivity index (χ2v) is 13.2. The van der Waals surface area contributed by atoms with Crippen molar-refractivity contribution in [2.45, 2.75) is 70.3 Å². The van der Waals surface area contributed by atoms with Crippen LogP contribution in [0.1, 0.15) is 44.9 Å². The lowest BCUT2D eigenvalue weighted by Crippen LogP contribution is -2.41. The van der Waals surface area contributed by atoms with Crippen LogP contribution in [0.4, 0.5) is 0 Å². The van der Waals surface area contributed by atoms with E-state index in [-0.39, 0.29) is 11.1 Å². The number of aromatic nitrogens is 1. The first-order valence-corrected chi connectivity index (χ1v) is 11.9. The van der Waals surface area contributed by atoms with Gasteiger partial charge in [0.1, 0.15) is 5.15 Å². The second kappa shape index (κ2) is 7.64. The van der Waals surface area contributed by atoms with Gasteiger partial charge in [0.25, 0.3) is 0 Å². The van der Waals surface area contributed by atoms with Crippen LogP contribution in [0.15, 0.2) is 17.1 Å². The minimum absolute atomic E-state index is 0.142. The zero-order valence-corrected chi connectivity index (χ0v) is 17.1. The molecular weight excluding hydrogens is 340 g/mol. The Morgan fingerprint density at radius 2 is 2.08 bits per heavy atom. The lowest BCUT2D eigenvalue weighted by molar-refractivity contribution is 0.124. The van der Waals surface area contributed by atoms with E-state index in [9.17, 15) is 5.11 Å². The molecule has 0 spiro atoms. The van der Waals surface area contributed by atoms with Crippen molar-refractivity contribution in [2.75, 3.05) is 6.61 Å². The third-order valence-corrected chi connectivity index (χ3v) is 9.89. The summed E-state index contributed by atoms with van der Waals surface area (Å²) in [6.07, 6.45) is 3.49. The normalized spacial score (nSPS) is 19.2. The Morgan fingerprint density at radius 1 is 1.38 bits per heavy atom. The van der Waals surface area contributed by atoms with Crippen LogP contribution in [-0.2, 0) is 10.8 Å². The molecule has 1 aromatic rings. The summed E-state index contributed by atoms with van der Waals surface area (Å²) in [5.41, 5.74) is 1.91. The highest BCUT2D eigenvalue weighted by atomic mass is 35.5. The Balaban J connectivity index is 1.81. The van der Waals surface area contributed by atoms with E-state index in [0.717, 1.165) is 17.7 Å². The third kappa shape index (κ3) is 4.88. The molecular formula is C18H29ClN2O2Si. The van der Waals surface area contributed by atoms with E-state index >= 15 is 0 Å². The number of hydrogen-bond donors (Lipinski definition) is 1. The molecule has 0 radical (unpaired) electrons. The van der Waals surface area contributed by atoms with Crippen molar-refractivity contribution < 1.29 is 9.53 Å². The van der Waals surface area contributed by atoms with E-state index in [1.54, 1.807) is 12.3 Å². The molecule has 0 aromatic carbocycles. The standard InChI is InChI=1S/C18H29ClN2O2Si/c1-18(2,3)24(4,5)23-10-6-7-16(22)15-11-14-13(12-20-15)8-9-17(19)21-14/h8-9,12,15-16,22H,6-7,10-11H2,1-5H3. The van der Waals surface area contributed by atoms with Crippen LogP contribution < -0.4 is 0 Å². The molecule has 1 N–H and O–H groups in total. The molecule has 0 fully saturated rings. The van der Waals surface area contributed by atoms with Gasteiger partial charge < -0.3 is 9.53 Å². The van der Waals surface area contributed by atoms with Crippen molar-refractivity contribution >= 4 is 26.1 Å². The summed E-state index contributed by atoms with van der Waals surface area (Å²) in [6.45, 7) is 11.9. The lowest BCUT2D eigenvalue weighted by Gasteiger charge is -2.36. The minimum atomic E-state index is -1.71. The predicted molar refractivity (Wildman–Crippen MR) is 103 cm³/mol. The van der Waals surface area contributed by atoms with Gasteiger partial charge in [0.05, 0.1) is 17.8 Å². The highest BCUT2D eigenvalue weighted by Gasteiger charge is 2.36. The van der Waals surface area contributed by atoms with Gasteiger partial charge in [-0.15, -0.1) is 0 Å². The molecule has 1 aliphatic rings. The van der Waals surface area contributed by atoms with E-state index in [1.807, 2.05) is 6.07 Å². The second-order valence-electron chi connectivity index (χ2n) is 8.04. The monoisotopic (exact) mass is 368 g/mol. The Kier molecular flexibility index (Phi) is 6.23. The van der Waals surface area contributed by atoms with Crippen LogP contribution in [0.5, 0.6) is 0 Å². The van der Waals surface area contributed by atoms with E-state index in [1.165, 1.54) is 0 Å². The number of aliphatic imine (C=N–C) groups is 1. The van der Waals surface area contributed by atoms with Gasteiger partial charge in [-0.3, -0.25) is 4.99 Å². The Labute approximate surface area is 151 Å². The zero-order chi connectivity index (χ0) is 18.0. The van der Waals surface area contributed by atoms with E-state index in [4.69, 9.17) is 16.0 Å². The molecule has 1 aromatic heterocycles. The fourth-order valence-corrected chi connectivity index (χ4v) is 3.71. The van der Waals surface area contributed by atoms with Gasteiger partial charge in [-0.05, 0) is 43.1 Å². The number of pyridine rings is 1. The van der Waals surface area contributed by atoms with Crippen LogP contribution in [0, 0.1) is 0 Å². The van der Waals surface area contributed by atoms with Crippen molar-refractivity contribution in [2.24, 2.45) is 4.99 Å². The van der Waals surface area contributed by atoms with Gasteiger partial charge in [0, 0.05) is 24.8 Å². The molecule has 0 amide bonds. The van der Waals surface area contributed by atoms with E-state index < -0.39 is 14.4 Å². The maximum Gasteiger partial charge on any atom is 0.191 e. The third-order valence-electron chi connectivity index (χ3n) is 5.14. The lowest BCUT2D eigenvalue weighted by atomic mass is 9.97. The van der Waals surface area contributed by atoms with Gasteiger partial charge in [0.2, 0.25) is 0 Å². The van der Waals surface area contributed by atoms with Crippen LogP contribution in [0.2, 0.25) is 23.3 Å². The molecule has 4 nitrogen and oxygen atoms in total. The van der Waals surface area contributed by atoms with Gasteiger partial charge in [-0.2, -0.15) is 0 Å². The predicted octanol–water partition coefficient (Wildman–Crippen LogP) is 4.24. The summed E-state index contributed by atoms with van der Waals surface area (Å²) in [5, 5.41) is 11.1. The molecule has 2 unspecified atom stereocenters. The molecule has 134 valence electrons. The van der Waals surface area contributed by atoms with Crippen molar-refractivity contribution in [3.8, 4) is 0 Å². The summed E-state index contributed by atoms with van der Waals surface area (Å²) >= 11 is 5.95. The van der Waals surface area contributed by atoms with Crippen LogP contribution in [0.25, 0.3) is 0 Å². The van der Waals surface area contributed by atoms with Crippen molar-refractivity contribution in [3.05, 3.63) is 28.5 Å². The maximum atomic E-state index is 10.4. The smallest absolute Gasteiger partial charge is 0.191 e. The summed E-state index contributed by atoms with van der Waals surface area (Å²) in [7, 11) is -1.71. The Bertz CT molecular complexity index is 599. The van der Waals surface area contributed by atoms with Crippen molar-refractivity contribution in [1.82, 2.24) is 4.98 Å². The molecule has 0 aliphatic carbocycles. The molecule has 0 saturated heterocycles. The fourth-order valence-electron chi connectivity index (χ4n) is 2.46. The first kappa shape index (κ1) is 19.6. The summed E-state index contributed by atoms with van der Waals surface area (Å²) in [5.74, 6) is 0. The van der Waals surface area contributed by atoms with Gasteiger partial charge in [0.15, 0.2) is 8.32 Å². The highest BCUT2D eigenvalue weighted by Crippen LogP contribution is 2.36. The van der Waals surface area contributed by atoms with Gasteiger partial charge in [-0.1, -0.05) is 32.4 Å². The number of rotatable bonds is 6. The molecule has 2 heterocycles. The summed E-state index contributed by atoms with van der Waals surface area (Å²) in [4.78, 5) is 8.82. The average molecular weight is 369 g/mol. The molecule has 2 rings (SSSR count). The summed E-state index contributed by atoms with van der Waals surface area (Å²) in [6, 6.07) is 3.54. The molecule has 1 aliphatic heterocycles. The average Bonchev–Trinajstić information content (AvgIpc) is 2.49. The first-order valence-electron chi connectivity index (χ1n) is 8.61. The van der Waals surface area contributed by atoms with Crippen molar-refractivity contribution in [3.63, 3.8) is 0 Å². The molecule has 24 heavy (non-hydrogen) atoms. The quantitative estimate of drug-likeness (QED) is 0.464.